The van der Waals surface area contributed by atoms with E-state index < -0.39 is 6.10 Å². The molecule has 1 heterocycles. The van der Waals surface area contributed by atoms with Crippen molar-refractivity contribution in [1.29, 1.82) is 0 Å². The topological polar surface area (TPSA) is 50.4 Å². The Hall–Kier alpha value is -1.61. The Morgan fingerprint density at radius 1 is 1.30 bits per heavy atom. The third kappa shape index (κ3) is 2.38. The molecule has 3 nitrogen and oxygen atoms in total. The van der Waals surface area contributed by atoms with Gasteiger partial charge in [0.2, 0.25) is 5.78 Å². The lowest BCUT2D eigenvalue weighted by molar-refractivity contribution is 0.0509. The number of ketones is 1. The van der Waals surface area contributed by atoms with Crippen LogP contribution in [0.5, 0.6) is 0 Å². The van der Waals surface area contributed by atoms with E-state index in [0.29, 0.717) is 0 Å². The first-order valence-corrected chi connectivity index (χ1v) is 7.38. The van der Waals surface area contributed by atoms with E-state index in [1.807, 2.05) is 25.1 Å². The van der Waals surface area contributed by atoms with Crippen molar-refractivity contribution in [2.45, 2.75) is 45.1 Å². The van der Waals surface area contributed by atoms with Crippen LogP contribution in [-0.2, 0) is 0 Å². The second-order valence-electron chi connectivity index (χ2n) is 5.81. The average molecular weight is 272 g/mol. The number of aliphatic hydroxyl groups excluding tert-OH is 1. The highest BCUT2D eigenvalue weighted by Gasteiger charge is 2.30. The zero-order valence-electron chi connectivity index (χ0n) is 11.8. The molecule has 1 aromatic carbocycles. The summed E-state index contributed by atoms with van der Waals surface area (Å²) < 4.78 is 5.66. The highest BCUT2D eigenvalue weighted by atomic mass is 16.4. The minimum Gasteiger partial charge on any atom is -0.453 e. The van der Waals surface area contributed by atoms with E-state index >= 15 is 0 Å². The molecule has 3 heteroatoms. The summed E-state index contributed by atoms with van der Waals surface area (Å²) in [5, 5.41) is 11.2. The standard InChI is InChI=1S/C17H20O3/c1-11-6-5-9-13-10-14(20-17(11)13)16(19)15(18)12-7-3-2-4-8-12/h5-6,9-10,12,15,18H,2-4,7-8H2,1H3. The van der Waals surface area contributed by atoms with Gasteiger partial charge in [0.15, 0.2) is 5.76 Å². The maximum Gasteiger partial charge on any atom is 0.226 e. The monoisotopic (exact) mass is 272 g/mol. The number of aliphatic hydroxyl groups is 1. The number of aryl methyl sites for hydroxylation is 1. The van der Waals surface area contributed by atoms with Crippen molar-refractivity contribution in [3.63, 3.8) is 0 Å². The summed E-state index contributed by atoms with van der Waals surface area (Å²) in [7, 11) is 0. The van der Waals surface area contributed by atoms with Crippen molar-refractivity contribution in [2.75, 3.05) is 0 Å². The number of carbonyl (C=O) groups excluding carboxylic acids is 1. The van der Waals surface area contributed by atoms with Gasteiger partial charge >= 0.3 is 0 Å². The minimum atomic E-state index is -0.920. The predicted molar refractivity (Wildman–Crippen MR) is 77.9 cm³/mol. The van der Waals surface area contributed by atoms with Gasteiger partial charge < -0.3 is 9.52 Å². The number of para-hydroxylation sites is 1. The molecule has 20 heavy (non-hydrogen) atoms. The third-order valence-corrected chi connectivity index (χ3v) is 4.35. The first-order chi connectivity index (χ1) is 9.66. The molecule has 1 fully saturated rings. The maximum atomic E-state index is 12.4. The van der Waals surface area contributed by atoms with Crippen LogP contribution in [0.4, 0.5) is 0 Å². The van der Waals surface area contributed by atoms with Crippen LogP contribution in [0.15, 0.2) is 28.7 Å². The molecule has 0 amide bonds. The molecule has 1 atom stereocenters. The Labute approximate surface area is 118 Å². The Morgan fingerprint density at radius 3 is 2.75 bits per heavy atom. The number of Topliss-reactive ketones (excluding diaryl/α,β-unsaturated/α-hetero) is 1. The molecule has 1 aliphatic rings. The lowest BCUT2D eigenvalue weighted by Crippen LogP contribution is -2.30. The fourth-order valence-corrected chi connectivity index (χ4v) is 3.14. The number of hydrogen-bond acceptors (Lipinski definition) is 3. The molecule has 1 aromatic heterocycles. The number of hydrogen-bond donors (Lipinski definition) is 1. The highest BCUT2D eigenvalue weighted by molar-refractivity contribution is 6.00. The SMILES string of the molecule is Cc1cccc2cc(C(=O)C(O)C3CCCCC3)oc12. The maximum absolute atomic E-state index is 12.4. The van der Waals surface area contributed by atoms with Crippen LogP contribution in [0.1, 0.15) is 48.2 Å². The van der Waals surface area contributed by atoms with Gasteiger partial charge in [-0.05, 0) is 37.3 Å². The van der Waals surface area contributed by atoms with E-state index in [-0.39, 0.29) is 17.5 Å². The number of fused-ring (bicyclic) bond motifs is 1. The van der Waals surface area contributed by atoms with Gasteiger partial charge in [-0.2, -0.15) is 0 Å². The van der Waals surface area contributed by atoms with Gasteiger partial charge in [-0.3, -0.25) is 4.79 Å². The second-order valence-corrected chi connectivity index (χ2v) is 5.81. The van der Waals surface area contributed by atoms with Crippen LogP contribution in [0.25, 0.3) is 11.0 Å². The van der Waals surface area contributed by atoms with Gasteiger partial charge in [0.25, 0.3) is 0 Å². The molecular formula is C17H20O3. The summed E-state index contributed by atoms with van der Waals surface area (Å²) >= 11 is 0. The van der Waals surface area contributed by atoms with Gasteiger partial charge in [-0.1, -0.05) is 37.5 Å². The predicted octanol–water partition coefficient (Wildman–Crippen LogP) is 3.87. The largest absolute Gasteiger partial charge is 0.453 e. The van der Waals surface area contributed by atoms with Crippen LogP contribution in [0.3, 0.4) is 0 Å². The van der Waals surface area contributed by atoms with Gasteiger partial charge in [0.1, 0.15) is 11.7 Å². The summed E-state index contributed by atoms with van der Waals surface area (Å²) in [6.45, 7) is 1.96. The Bertz CT molecular complexity index is 620. The van der Waals surface area contributed by atoms with E-state index in [9.17, 15) is 9.90 Å². The third-order valence-electron chi connectivity index (χ3n) is 4.35. The summed E-state index contributed by atoms with van der Waals surface area (Å²) in [6, 6.07) is 7.57. The van der Waals surface area contributed by atoms with E-state index in [1.165, 1.54) is 6.42 Å². The normalized spacial score (nSPS) is 18.3. The van der Waals surface area contributed by atoms with Crippen LogP contribution >= 0.6 is 0 Å². The fourth-order valence-electron chi connectivity index (χ4n) is 3.14. The first kappa shape index (κ1) is 13.4. The van der Waals surface area contributed by atoms with E-state index in [2.05, 4.69) is 0 Å². The molecule has 1 saturated carbocycles. The van der Waals surface area contributed by atoms with Crippen molar-refractivity contribution in [1.82, 2.24) is 0 Å². The van der Waals surface area contributed by atoms with Gasteiger partial charge in [0.05, 0.1) is 0 Å². The fraction of sp³-hybridized carbons (Fsp3) is 0.471. The first-order valence-electron chi connectivity index (χ1n) is 7.38. The van der Waals surface area contributed by atoms with Crippen molar-refractivity contribution in [3.05, 3.63) is 35.6 Å². The summed E-state index contributed by atoms with van der Waals surface area (Å²) in [5.41, 5.74) is 1.75. The lowest BCUT2D eigenvalue weighted by atomic mass is 9.83. The van der Waals surface area contributed by atoms with Crippen LogP contribution in [-0.4, -0.2) is 17.0 Å². The van der Waals surface area contributed by atoms with Crippen LogP contribution in [0.2, 0.25) is 0 Å². The lowest BCUT2D eigenvalue weighted by Gasteiger charge is -2.24. The number of carbonyl (C=O) groups is 1. The highest BCUT2D eigenvalue weighted by Crippen LogP contribution is 2.29. The zero-order chi connectivity index (χ0) is 14.1. The van der Waals surface area contributed by atoms with Gasteiger partial charge in [-0.25, -0.2) is 0 Å². The molecule has 2 aromatic rings. The van der Waals surface area contributed by atoms with E-state index in [1.54, 1.807) is 6.07 Å². The Morgan fingerprint density at radius 2 is 2.05 bits per heavy atom. The molecule has 0 aliphatic heterocycles. The minimum absolute atomic E-state index is 0.0885. The molecule has 1 N–H and O–H groups in total. The second kappa shape index (κ2) is 5.41. The van der Waals surface area contributed by atoms with Gasteiger partial charge in [0, 0.05) is 5.39 Å². The molecule has 0 bridgehead atoms. The van der Waals surface area contributed by atoms with Crippen molar-refractivity contribution in [2.24, 2.45) is 5.92 Å². The molecule has 106 valence electrons. The number of rotatable bonds is 3. The van der Waals surface area contributed by atoms with E-state index in [0.717, 1.165) is 42.2 Å². The molecule has 3 rings (SSSR count). The average Bonchev–Trinajstić information content (AvgIpc) is 2.92. The van der Waals surface area contributed by atoms with E-state index in [4.69, 9.17) is 4.42 Å². The van der Waals surface area contributed by atoms with Crippen LogP contribution in [0, 0.1) is 12.8 Å². The van der Waals surface area contributed by atoms with Crippen molar-refractivity contribution in [3.8, 4) is 0 Å². The Kier molecular flexibility index (Phi) is 3.62. The van der Waals surface area contributed by atoms with Crippen molar-refractivity contribution >= 4 is 16.8 Å². The summed E-state index contributed by atoms with van der Waals surface area (Å²) in [5.74, 6) is 0.102. The zero-order valence-corrected chi connectivity index (χ0v) is 11.8. The van der Waals surface area contributed by atoms with Crippen molar-refractivity contribution < 1.29 is 14.3 Å². The molecule has 0 radical (unpaired) electrons. The van der Waals surface area contributed by atoms with Crippen LogP contribution < -0.4 is 0 Å². The Balaban J connectivity index is 1.86. The molecular weight excluding hydrogens is 252 g/mol. The molecule has 1 aliphatic carbocycles. The molecule has 0 saturated heterocycles. The quantitative estimate of drug-likeness (QED) is 0.863. The number of benzene rings is 1. The smallest absolute Gasteiger partial charge is 0.226 e. The summed E-state index contributed by atoms with van der Waals surface area (Å²) in [6.07, 6.45) is 4.37. The molecule has 0 spiro atoms. The molecule has 1 unspecified atom stereocenters. The van der Waals surface area contributed by atoms with Gasteiger partial charge in [-0.15, -0.1) is 0 Å². The summed E-state index contributed by atoms with van der Waals surface area (Å²) in [4.78, 5) is 12.4. The number of furan rings is 1.